The van der Waals surface area contributed by atoms with Gasteiger partial charge < -0.3 is 21.3 Å². The molecule has 0 unspecified atom stereocenters. The van der Waals surface area contributed by atoms with Crippen LogP contribution in [0.15, 0.2) is 46.9 Å². The second-order valence-corrected chi connectivity index (χ2v) is 5.61. The Balaban J connectivity index is 1.87. The van der Waals surface area contributed by atoms with Gasteiger partial charge in [0.05, 0.1) is 23.8 Å². The molecule has 0 radical (unpaired) electrons. The Morgan fingerprint density at radius 2 is 2.16 bits per heavy atom. The fraction of sp³-hybridized carbons (Fsp3) is 0.250. The molecule has 0 aliphatic carbocycles. The molecule has 3 rings (SSSR count). The molecule has 1 aromatic heterocycles. The molecule has 2 aliphatic rings. The van der Waals surface area contributed by atoms with E-state index in [0.29, 0.717) is 5.69 Å². The predicted octanol–water partition coefficient (Wildman–Crippen LogP) is 1.25. The number of nitrogens with two attached hydrogens (primary N) is 1. The van der Waals surface area contributed by atoms with Gasteiger partial charge in [-0.05, 0) is 18.9 Å². The standard InChI is InChI=1S/C16H18FN7O/c17-10-7-21-15(22-8-10)13(14(18)19)16(25)23-11-3-4-20-9-12(11)24-5-1-2-6-24/h3-4,7-9,21H,1-2,5-6H2,(H3,18,19)(H,20,23,25)/b15-13-. The van der Waals surface area contributed by atoms with E-state index in [1.54, 1.807) is 18.5 Å². The minimum atomic E-state index is -0.602. The Kier molecular flexibility index (Phi) is 4.73. The third kappa shape index (κ3) is 3.65. The van der Waals surface area contributed by atoms with E-state index >= 15 is 0 Å². The number of pyridine rings is 1. The van der Waals surface area contributed by atoms with Gasteiger partial charge in [0.2, 0.25) is 0 Å². The molecule has 1 aromatic rings. The molecule has 25 heavy (non-hydrogen) atoms. The van der Waals surface area contributed by atoms with Crippen LogP contribution < -0.4 is 21.3 Å². The van der Waals surface area contributed by atoms with Crippen LogP contribution in [-0.2, 0) is 4.79 Å². The van der Waals surface area contributed by atoms with Gasteiger partial charge in [0, 0.05) is 25.5 Å². The minimum absolute atomic E-state index is 0.0168. The highest BCUT2D eigenvalue weighted by Crippen LogP contribution is 2.28. The number of rotatable bonds is 4. The van der Waals surface area contributed by atoms with E-state index in [4.69, 9.17) is 11.1 Å². The topological polar surface area (TPSA) is 119 Å². The summed E-state index contributed by atoms with van der Waals surface area (Å²) in [5.74, 6) is -1.64. The van der Waals surface area contributed by atoms with Gasteiger partial charge in [-0.15, -0.1) is 0 Å². The third-order valence-corrected chi connectivity index (χ3v) is 3.89. The summed E-state index contributed by atoms with van der Waals surface area (Å²) in [4.78, 5) is 22.7. The summed E-state index contributed by atoms with van der Waals surface area (Å²) < 4.78 is 13.0. The molecule has 5 N–H and O–H groups in total. The number of amidine groups is 1. The predicted molar refractivity (Wildman–Crippen MR) is 94.1 cm³/mol. The minimum Gasteiger partial charge on any atom is -0.383 e. The van der Waals surface area contributed by atoms with Crippen LogP contribution in [-0.4, -0.2) is 36.0 Å². The van der Waals surface area contributed by atoms with Crippen molar-refractivity contribution in [1.29, 1.82) is 5.41 Å². The zero-order valence-corrected chi connectivity index (χ0v) is 13.4. The average Bonchev–Trinajstić information content (AvgIpc) is 3.11. The lowest BCUT2D eigenvalue weighted by Crippen LogP contribution is -2.30. The Morgan fingerprint density at radius 1 is 1.40 bits per heavy atom. The maximum atomic E-state index is 13.0. The smallest absolute Gasteiger partial charge is 0.263 e. The molecule has 3 heterocycles. The van der Waals surface area contributed by atoms with Crippen molar-refractivity contribution in [3.8, 4) is 0 Å². The molecule has 1 fully saturated rings. The first kappa shape index (κ1) is 16.6. The molecule has 9 heteroatoms. The van der Waals surface area contributed by atoms with Crippen molar-refractivity contribution >= 4 is 29.3 Å². The van der Waals surface area contributed by atoms with Crippen molar-refractivity contribution in [2.45, 2.75) is 12.8 Å². The van der Waals surface area contributed by atoms with Crippen LogP contribution in [0.25, 0.3) is 0 Å². The summed E-state index contributed by atoms with van der Waals surface area (Å²) in [6, 6.07) is 1.69. The molecular weight excluding hydrogens is 325 g/mol. The van der Waals surface area contributed by atoms with Crippen molar-refractivity contribution in [2.24, 2.45) is 10.7 Å². The normalized spacial score (nSPS) is 18.4. The number of amides is 1. The fourth-order valence-corrected chi connectivity index (χ4v) is 2.72. The molecule has 0 bridgehead atoms. The van der Waals surface area contributed by atoms with Crippen LogP contribution in [0.3, 0.4) is 0 Å². The quantitative estimate of drug-likeness (QED) is 0.373. The number of nitrogens with zero attached hydrogens (tertiary/aromatic N) is 3. The Labute approximate surface area is 143 Å². The van der Waals surface area contributed by atoms with Gasteiger partial charge in [-0.2, -0.15) is 0 Å². The zero-order chi connectivity index (χ0) is 17.8. The third-order valence-electron chi connectivity index (χ3n) is 3.89. The second kappa shape index (κ2) is 7.12. The van der Waals surface area contributed by atoms with Gasteiger partial charge in [0.15, 0.2) is 5.83 Å². The first-order valence-corrected chi connectivity index (χ1v) is 7.81. The van der Waals surface area contributed by atoms with E-state index in [2.05, 4.69) is 25.5 Å². The van der Waals surface area contributed by atoms with Crippen LogP contribution in [0.4, 0.5) is 15.8 Å². The van der Waals surface area contributed by atoms with Gasteiger partial charge in [0.25, 0.3) is 5.91 Å². The van der Waals surface area contributed by atoms with Crippen LogP contribution in [0, 0.1) is 5.41 Å². The number of halogens is 1. The van der Waals surface area contributed by atoms with E-state index in [-0.39, 0.29) is 11.4 Å². The van der Waals surface area contributed by atoms with E-state index in [1.165, 1.54) is 0 Å². The van der Waals surface area contributed by atoms with Gasteiger partial charge in [-0.3, -0.25) is 15.2 Å². The first-order chi connectivity index (χ1) is 12.1. The van der Waals surface area contributed by atoms with Crippen LogP contribution in [0.1, 0.15) is 12.8 Å². The van der Waals surface area contributed by atoms with E-state index in [0.717, 1.165) is 44.0 Å². The monoisotopic (exact) mass is 343 g/mol. The number of anilines is 2. The summed E-state index contributed by atoms with van der Waals surface area (Å²) in [5, 5.41) is 12.9. The average molecular weight is 343 g/mol. The van der Waals surface area contributed by atoms with Crippen LogP contribution in [0.2, 0.25) is 0 Å². The highest BCUT2D eigenvalue weighted by molar-refractivity contribution is 6.24. The SMILES string of the molecule is N=C(N)/C(C(=O)Nc1ccncc1N1CCCC1)=C1/N=CC(F)=CN1. The van der Waals surface area contributed by atoms with Crippen molar-refractivity contribution in [2.75, 3.05) is 23.3 Å². The van der Waals surface area contributed by atoms with E-state index < -0.39 is 17.6 Å². The lowest BCUT2D eigenvalue weighted by Gasteiger charge is -2.21. The van der Waals surface area contributed by atoms with Crippen molar-refractivity contribution in [3.05, 3.63) is 41.9 Å². The first-order valence-electron chi connectivity index (χ1n) is 7.81. The summed E-state index contributed by atoms with van der Waals surface area (Å²) in [6.45, 7) is 1.79. The summed E-state index contributed by atoms with van der Waals surface area (Å²) in [7, 11) is 0. The number of carbonyl (C=O) groups is 1. The molecule has 2 aliphatic heterocycles. The van der Waals surface area contributed by atoms with E-state index in [1.807, 2.05) is 0 Å². The highest BCUT2D eigenvalue weighted by atomic mass is 19.1. The van der Waals surface area contributed by atoms with Gasteiger partial charge in [0.1, 0.15) is 17.2 Å². The number of aromatic nitrogens is 1. The van der Waals surface area contributed by atoms with Crippen molar-refractivity contribution in [3.63, 3.8) is 0 Å². The molecular formula is C16H18FN7O. The summed E-state index contributed by atoms with van der Waals surface area (Å²) in [5.41, 5.74) is 6.75. The molecule has 1 saturated heterocycles. The zero-order valence-electron chi connectivity index (χ0n) is 13.4. The van der Waals surface area contributed by atoms with Gasteiger partial charge >= 0.3 is 0 Å². The summed E-state index contributed by atoms with van der Waals surface area (Å²) in [6.07, 6.45) is 7.43. The highest BCUT2D eigenvalue weighted by Gasteiger charge is 2.22. The molecule has 8 nitrogen and oxygen atoms in total. The maximum Gasteiger partial charge on any atom is 0.263 e. The Hall–Kier alpha value is -3.23. The molecule has 0 spiro atoms. The number of hydrogen-bond acceptors (Lipinski definition) is 6. The van der Waals surface area contributed by atoms with Gasteiger partial charge in [-0.25, -0.2) is 9.38 Å². The number of allylic oxidation sites excluding steroid dienone is 1. The van der Waals surface area contributed by atoms with Gasteiger partial charge in [-0.1, -0.05) is 0 Å². The summed E-state index contributed by atoms with van der Waals surface area (Å²) >= 11 is 0. The van der Waals surface area contributed by atoms with E-state index in [9.17, 15) is 9.18 Å². The lowest BCUT2D eigenvalue weighted by atomic mass is 10.2. The van der Waals surface area contributed by atoms with Crippen LogP contribution in [0.5, 0.6) is 0 Å². The largest absolute Gasteiger partial charge is 0.383 e. The maximum absolute atomic E-state index is 13.0. The Morgan fingerprint density at radius 3 is 2.80 bits per heavy atom. The number of aliphatic imine (C=N–C) groups is 1. The number of hydrogen-bond donors (Lipinski definition) is 4. The molecule has 0 saturated carbocycles. The van der Waals surface area contributed by atoms with Crippen molar-refractivity contribution < 1.29 is 9.18 Å². The second-order valence-electron chi connectivity index (χ2n) is 5.61. The fourth-order valence-electron chi connectivity index (χ4n) is 2.72. The molecule has 0 atom stereocenters. The molecule has 130 valence electrons. The molecule has 1 amide bonds. The van der Waals surface area contributed by atoms with Crippen LogP contribution >= 0.6 is 0 Å². The Bertz CT molecular complexity index is 793. The van der Waals surface area contributed by atoms with Crippen molar-refractivity contribution in [1.82, 2.24) is 10.3 Å². The molecule has 0 aromatic carbocycles. The lowest BCUT2D eigenvalue weighted by molar-refractivity contribution is -0.112. The number of nitrogens with one attached hydrogen (secondary N) is 3. The number of carbonyl (C=O) groups excluding carboxylic acids is 1.